The van der Waals surface area contributed by atoms with Crippen LogP contribution in [0, 0.1) is 5.92 Å². The summed E-state index contributed by atoms with van der Waals surface area (Å²) in [4.78, 5) is 31.8. The molecule has 34 heavy (non-hydrogen) atoms. The number of anilines is 2. The highest BCUT2D eigenvalue weighted by atomic mass is 35.5. The Morgan fingerprint density at radius 1 is 1.15 bits per heavy atom. The normalized spacial score (nSPS) is 17.4. The van der Waals surface area contributed by atoms with Gasteiger partial charge in [-0.2, -0.15) is 0 Å². The number of imidazole rings is 1. The minimum absolute atomic E-state index is 0.213. The minimum atomic E-state index is -1.02. The Hall–Kier alpha value is -3.52. The number of benzene rings is 1. The van der Waals surface area contributed by atoms with Crippen LogP contribution >= 0.6 is 11.6 Å². The molecule has 4 aromatic rings. The average molecular weight is 476 g/mol. The zero-order chi connectivity index (χ0) is 24.0. The van der Waals surface area contributed by atoms with Crippen LogP contribution in [0.15, 0.2) is 42.9 Å². The quantitative estimate of drug-likeness (QED) is 0.419. The lowest BCUT2D eigenvalue weighted by molar-refractivity contribution is -0.119. The van der Waals surface area contributed by atoms with Crippen molar-refractivity contribution in [2.75, 3.05) is 11.1 Å². The second-order valence-electron chi connectivity index (χ2n) is 8.86. The summed E-state index contributed by atoms with van der Waals surface area (Å²) in [6.07, 6.45) is 8.42. The van der Waals surface area contributed by atoms with E-state index in [9.17, 15) is 4.79 Å². The van der Waals surface area contributed by atoms with Gasteiger partial charge in [0.1, 0.15) is 22.7 Å². The molecule has 1 atom stereocenters. The van der Waals surface area contributed by atoms with Crippen molar-refractivity contribution in [3.63, 3.8) is 0 Å². The van der Waals surface area contributed by atoms with Crippen LogP contribution < -0.4 is 11.1 Å². The molecule has 0 aliphatic carbocycles. The Kier molecular flexibility index (Phi) is 5.48. The molecule has 5 rings (SSSR count). The van der Waals surface area contributed by atoms with Gasteiger partial charge >= 0.3 is 0 Å². The van der Waals surface area contributed by atoms with Gasteiger partial charge in [0, 0.05) is 23.6 Å². The molecule has 0 saturated heterocycles. The van der Waals surface area contributed by atoms with Crippen LogP contribution in [0.2, 0.25) is 5.02 Å². The number of hydrogen-bond acceptors (Lipinski definition) is 6. The van der Waals surface area contributed by atoms with Crippen molar-refractivity contribution < 1.29 is 4.79 Å². The van der Waals surface area contributed by atoms with Gasteiger partial charge in [-0.15, -0.1) is 0 Å². The van der Waals surface area contributed by atoms with Crippen LogP contribution in [0.5, 0.6) is 0 Å². The van der Waals surface area contributed by atoms with Crippen LogP contribution in [0.1, 0.15) is 50.4 Å². The maximum atomic E-state index is 13.1. The summed E-state index contributed by atoms with van der Waals surface area (Å²) in [6.45, 7) is 6.19. The van der Waals surface area contributed by atoms with Crippen LogP contribution in [-0.2, 0) is 16.6 Å². The first-order valence-corrected chi connectivity index (χ1v) is 11.8. The van der Waals surface area contributed by atoms with E-state index in [0.29, 0.717) is 33.8 Å². The summed E-state index contributed by atoms with van der Waals surface area (Å²) in [7, 11) is 0. The zero-order valence-corrected chi connectivity index (χ0v) is 20.1. The number of amides is 1. The van der Waals surface area contributed by atoms with Gasteiger partial charge in [-0.05, 0) is 37.0 Å². The van der Waals surface area contributed by atoms with Crippen molar-refractivity contribution in [1.82, 2.24) is 24.3 Å². The molecule has 1 unspecified atom stereocenters. The van der Waals surface area contributed by atoms with Gasteiger partial charge in [0.05, 0.1) is 11.3 Å². The first kappa shape index (κ1) is 22.3. The van der Waals surface area contributed by atoms with E-state index in [-0.39, 0.29) is 11.7 Å². The topological polar surface area (TPSA) is 111 Å². The third-order valence-corrected chi connectivity index (χ3v) is 7.11. The average Bonchev–Trinajstić information content (AvgIpc) is 3.40. The molecule has 1 aliphatic heterocycles. The molecule has 1 aliphatic rings. The Morgan fingerprint density at radius 3 is 2.59 bits per heavy atom. The number of halogens is 1. The highest BCUT2D eigenvalue weighted by molar-refractivity contribution is 6.30. The number of nitrogens with two attached hydrogens (primary N) is 1. The third kappa shape index (κ3) is 3.49. The van der Waals surface area contributed by atoms with E-state index >= 15 is 0 Å². The first-order chi connectivity index (χ1) is 16.3. The van der Waals surface area contributed by atoms with E-state index in [2.05, 4.69) is 34.1 Å². The monoisotopic (exact) mass is 475 g/mol. The molecule has 9 heteroatoms. The van der Waals surface area contributed by atoms with Crippen molar-refractivity contribution >= 4 is 34.8 Å². The number of nitrogens with one attached hydrogen (secondary N) is 1. The van der Waals surface area contributed by atoms with Crippen molar-refractivity contribution in [2.24, 2.45) is 5.92 Å². The summed E-state index contributed by atoms with van der Waals surface area (Å²) >= 11 is 6.05. The molecular formula is C25H26ClN7O. The van der Waals surface area contributed by atoms with Gasteiger partial charge in [0.2, 0.25) is 5.91 Å². The smallest absolute Gasteiger partial charge is 0.240 e. The Labute approximate surface area is 202 Å². The molecule has 3 aromatic heterocycles. The maximum Gasteiger partial charge on any atom is 0.240 e. The van der Waals surface area contributed by atoms with Gasteiger partial charge in [-0.3, -0.25) is 4.79 Å². The lowest BCUT2D eigenvalue weighted by atomic mass is 9.78. The minimum Gasteiger partial charge on any atom is -0.383 e. The Morgan fingerprint density at radius 2 is 1.88 bits per heavy atom. The van der Waals surface area contributed by atoms with Gasteiger partial charge < -0.3 is 15.5 Å². The van der Waals surface area contributed by atoms with Crippen molar-refractivity contribution in [2.45, 2.75) is 45.4 Å². The highest BCUT2D eigenvalue weighted by Gasteiger charge is 2.47. The fourth-order valence-corrected chi connectivity index (χ4v) is 4.80. The van der Waals surface area contributed by atoms with Gasteiger partial charge in [0.15, 0.2) is 11.5 Å². The van der Waals surface area contributed by atoms with Crippen molar-refractivity contribution in [3.8, 4) is 11.5 Å². The predicted octanol–water partition coefficient (Wildman–Crippen LogP) is 4.66. The molecule has 174 valence electrons. The summed E-state index contributed by atoms with van der Waals surface area (Å²) in [5, 5.41) is 3.49. The molecule has 0 fully saturated rings. The van der Waals surface area contributed by atoms with Gasteiger partial charge in [-0.25, -0.2) is 19.9 Å². The van der Waals surface area contributed by atoms with E-state index in [4.69, 9.17) is 22.3 Å². The second kappa shape index (κ2) is 8.36. The number of carbonyl (C=O) groups is 1. The Bertz CT molecular complexity index is 1390. The summed E-state index contributed by atoms with van der Waals surface area (Å²) < 4.78 is 1.93. The molecule has 1 amide bonds. The van der Waals surface area contributed by atoms with Crippen LogP contribution in [-0.4, -0.2) is 30.2 Å². The summed E-state index contributed by atoms with van der Waals surface area (Å²) in [5.74, 6) is 1.30. The van der Waals surface area contributed by atoms with E-state index in [0.717, 1.165) is 36.2 Å². The molecule has 4 heterocycles. The molecule has 3 N–H and O–H groups in total. The van der Waals surface area contributed by atoms with Crippen molar-refractivity contribution in [1.29, 1.82) is 0 Å². The third-order valence-electron chi connectivity index (χ3n) is 6.85. The van der Waals surface area contributed by atoms with Gasteiger partial charge in [-0.1, -0.05) is 50.4 Å². The van der Waals surface area contributed by atoms with Crippen LogP contribution in [0.4, 0.5) is 11.6 Å². The number of carbonyl (C=O) groups excluding carboxylic acids is 1. The standard InChI is InChI=1S/C25H26ClN7O/c1-4-14(5-2)12-17-23-28-10-11-33(23)13-18(29-17)21-30-20(27)19-22(31-21)32-24(34)25(19,3)15-6-8-16(26)9-7-15/h6-11,13-14H,4-5,12H2,1-3H3,(H3,27,30,31,32,34). The second-order valence-corrected chi connectivity index (χ2v) is 9.30. The molecule has 0 saturated carbocycles. The maximum absolute atomic E-state index is 13.1. The largest absolute Gasteiger partial charge is 0.383 e. The molecule has 0 spiro atoms. The number of fused-ring (bicyclic) bond motifs is 2. The number of rotatable bonds is 6. The molecule has 0 bridgehead atoms. The molecule has 8 nitrogen and oxygen atoms in total. The Balaban J connectivity index is 1.62. The fourth-order valence-electron chi connectivity index (χ4n) is 4.67. The van der Waals surface area contributed by atoms with Crippen LogP contribution in [0.25, 0.3) is 17.2 Å². The number of hydrogen-bond donors (Lipinski definition) is 2. The molecule has 1 aromatic carbocycles. The van der Waals surface area contributed by atoms with Crippen molar-refractivity contribution in [3.05, 3.63) is 64.7 Å². The zero-order valence-electron chi connectivity index (χ0n) is 19.3. The number of aromatic nitrogens is 5. The fraction of sp³-hybridized carbons (Fsp3) is 0.320. The summed E-state index contributed by atoms with van der Waals surface area (Å²) in [6, 6.07) is 7.15. The lowest BCUT2D eigenvalue weighted by Gasteiger charge is -2.23. The predicted molar refractivity (Wildman–Crippen MR) is 133 cm³/mol. The number of nitrogens with zero attached hydrogens (tertiary/aromatic N) is 5. The van der Waals surface area contributed by atoms with E-state index in [1.165, 1.54) is 0 Å². The lowest BCUT2D eigenvalue weighted by Crippen LogP contribution is -2.32. The SMILES string of the molecule is CCC(CC)Cc1nc(-c2nc(N)c3c(n2)NC(=O)C3(C)c2ccc(Cl)cc2)cn2ccnc12. The van der Waals surface area contributed by atoms with E-state index < -0.39 is 5.41 Å². The van der Waals surface area contributed by atoms with Gasteiger partial charge in [0.25, 0.3) is 0 Å². The number of nitrogen functional groups attached to an aromatic ring is 1. The van der Waals surface area contributed by atoms with E-state index in [1.807, 2.05) is 35.9 Å². The van der Waals surface area contributed by atoms with E-state index in [1.54, 1.807) is 18.3 Å². The molecular weight excluding hydrogens is 450 g/mol. The first-order valence-electron chi connectivity index (χ1n) is 11.4. The highest BCUT2D eigenvalue weighted by Crippen LogP contribution is 2.45. The molecule has 0 radical (unpaired) electrons. The summed E-state index contributed by atoms with van der Waals surface area (Å²) in [5.41, 5.74) is 9.06. The van der Waals surface area contributed by atoms with Crippen LogP contribution in [0.3, 0.4) is 0 Å².